The molecule has 2 aromatic rings. The predicted octanol–water partition coefficient (Wildman–Crippen LogP) is 1.41. The summed E-state index contributed by atoms with van der Waals surface area (Å²) in [5, 5.41) is 19.6. The normalized spacial score (nSPS) is 12.8. The Morgan fingerprint density at radius 3 is 2.89 bits per heavy atom. The second-order valence-corrected chi connectivity index (χ2v) is 4.71. The van der Waals surface area contributed by atoms with Gasteiger partial charge in [-0.15, -0.1) is 0 Å². The number of aryl methyl sites for hydroxylation is 1. The van der Waals surface area contributed by atoms with E-state index in [4.69, 9.17) is 0 Å². The quantitative estimate of drug-likeness (QED) is 0.873. The lowest BCUT2D eigenvalue weighted by Gasteiger charge is -2.12. The molecule has 0 fully saturated rings. The molecule has 0 saturated carbocycles. The van der Waals surface area contributed by atoms with Crippen molar-refractivity contribution in [3.63, 3.8) is 0 Å². The summed E-state index contributed by atoms with van der Waals surface area (Å²) >= 11 is 0. The Labute approximate surface area is 111 Å². The molecule has 1 atom stereocenters. The van der Waals surface area contributed by atoms with Gasteiger partial charge in [-0.2, -0.15) is 0 Å². The lowest BCUT2D eigenvalue weighted by Crippen LogP contribution is -2.25. The van der Waals surface area contributed by atoms with Gasteiger partial charge in [-0.1, -0.05) is 13.3 Å². The minimum Gasteiger partial charge on any atom is -0.504 e. The first-order valence-electron chi connectivity index (χ1n) is 6.42. The van der Waals surface area contributed by atoms with Gasteiger partial charge in [0.2, 0.25) is 0 Å². The molecule has 0 amide bonds. The molecule has 0 bridgehead atoms. The molecule has 2 N–H and O–H groups in total. The number of pyridine rings is 1. The summed E-state index contributed by atoms with van der Waals surface area (Å²) in [6, 6.07) is 3.08. The zero-order chi connectivity index (χ0) is 14.0. The van der Waals surface area contributed by atoms with Crippen LogP contribution < -0.4 is 5.56 Å². The lowest BCUT2D eigenvalue weighted by molar-refractivity contribution is 0.163. The summed E-state index contributed by atoms with van der Waals surface area (Å²) in [5.41, 5.74) is 1.08. The first kappa shape index (κ1) is 13.5. The molecular formula is C14H18N2O3. The highest BCUT2D eigenvalue weighted by atomic mass is 16.3. The summed E-state index contributed by atoms with van der Waals surface area (Å²) in [6.07, 6.45) is 2.85. The van der Waals surface area contributed by atoms with Crippen LogP contribution in [0.5, 0.6) is 5.75 Å². The Hall–Kier alpha value is -1.88. The van der Waals surface area contributed by atoms with Gasteiger partial charge in [-0.05, 0) is 25.5 Å². The van der Waals surface area contributed by atoms with Crippen LogP contribution in [0.3, 0.4) is 0 Å². The van der Waals surface area contributed by atoms with E-state index in [0.717, 1.165) is 6.42 Å². The van der Waals surface area contributed by atoms with E-state index < -0.39 is 6.10 Å². The number of hydrogen-bond acceptors (Lipinski definition) is 4. The number of aromatic nitrogens is 2. The third kappa shape index (κ3) is 2.61. The van der Waals surface area contributed by atoms with E-state index in [1.807, 2.05) is 6.92 Å². The average molecular weight is 262 g/mol. The highest BCUT2D eigenvalue weighted by Gasteiger charge is 2.15. The summed E-state index contributed by atoms with van der Waals surface area (Å²) in [6.45, 7) is 3.71. The maximum Gasteiger partial charge on any atom is 0.261 e. The molecule has 5 heteroatoms. The highest BCUT2D eigenvalue weighted by molar-refractivity contribution is 5.53. The lowest BCUT2D eigenvalue weighted by atomic mass is 10.0. The molecule has 0 radical (unpaired) electrons. The van der Waals surface area contributed by atoms with Crippen LogP contribution in [0.25, 0.3) is 5.65 Å². The van der Waals surface area contributed by atoms with Crippen LogP contribution in [0.2, 0.25) is 0 Å². The van der Waals surface area contributed by atoms with E-state index in [0.29, 0.717) is 24.1 Å². The van der Waals surface area contributed by atoms with Crippen molar-refractivity contribution >= 4 is 5.65 Å². The topological polar surface area (TPSA) is 74.8 Å². The molecule has 5 nitrogen and oxygen atoms in total. The first-order valence-corrected chi connectivity index (χ1v) is 6.42. The zero-order valence-electron chi connectivity index (χ0n) is 11.1. The second-order valence-electron chi connectivity index (χ2n) is 4.71. The molecular weight excluding hydrogens is 244 g/mol. The minimum absolute atomic E-state index is 0.0247. The van der Waals surface area contributed by atoms with Crippen molar-refractivity contribution in [2.75, 3.05) is 0 Å². The van der Waals surface area contributed by atoms with Crippen LogP contribution in [-0.2, 0) is 6.42 Å². The monoisotopic (exact) mass is 262 g/mol. The first-order chi connectivity index (χ1) is 9.04. The van der Waals surface area contributed by atoms with Gasteiger partial charge in [0.15, 0.2) is 11.4 Å². The van der Waals surface area contributed by atoms with E-state index in [1.165, 1.54) is 10.5 Å². The van der Waals surface area contributed by atoms with Crippen LogP contribution in [0.4, 0.5) is 0 Å². The number of fused-ring (bicyclic) bond motifs is 1. The molecule has 102 valence electrons. The Bertz CT molecular complexity index is 649. The molecule has 0 aliphatic rings. The van der Waals surface area contributed by atoms with Crippen molar-refractivity contribution in [2.45, 2.75) is 39.2 Å². The average Bonchev–Trinajstić information content (AvgIpc) is 2.36. The Kier molecular flexibility index (Phi) is 3.85. The predicted molar refractivity (Wildman–Crippen MR) is 72.5 cm³/mol. The van der Waals surface area contributed by atoms with Crippen LogP contribution in [0, 0.1) is 6.92 Å². The van der Waals surface area contributed by atoms with Gasteiger partial charge in [0.05, 0.1) is 6.10 Å². The van der Waals surface area contributed by atoms with Crippen molar-refractivity contribution in [1.29, 1.82) is 0 Å². The van der Waals surface area contributed by atoms with Crippen LogP contribution in [-0.4, -0.2) is 25.7 Å². The van der Waals surface area contributed by atoms with E-state index in [9.17, 15) is 15.0 Å². The summed E-state index contributed by atoms with van der Waals surface area (Å²) in [5.74, 6) is -0.0247. The second kappa shape index (κ2) is 5.40. The van der Waals surface area contributed by atoms with Crippen LogP contribution >= 0.6 is 0 Å². The van der Waals surface area contributed by atoms with Gasteiger partial charge in [0, 0.05) is 23.9 Å². The number of rotatable bonds is 4. The minimum atomic E-state index is -0.534. The number of aliphatic hydroxyl groups excluding tert-OH is 1. The van der Waals surface area contributed by atoms with Gasteiger partial charge >= 0.3 is 0 Å². The maximum atomic E-state index is 12.3. The van der Waals surface area contributed by atoms with E-state index in [1.54, 1.807) is 19.2 Å². The standard InChI is InChI=1S/C14H18N2O3/c1-3-5-10(17)8-11-9(2)15-13-12(18)6-4-7-16(13)14(11)19/h4,6-7,10,17-18H,3,5,8H2,1-2H3. The van der Waals surface area contributed by atoms with Gasteiger partial charge in [-0.25, -0.2) is 4.98 Å². The van der Waals surface area contributed by atoms with Crippen molar-refractivity contribution in [2.24, 2.45) is 0 Å². The number of hydrogen-bond donors (Lipinski definition) is 2. The molecule has 1 unspecified atom stereocenters. The highest BCUT2D eigenvalue weighted by Crippen LogP contribution is 2.16. The molecule has 0 aromatic carbocycles. The Balaban J connectivity index is 2.54. The fraction of sp³-hybridized carbons (Fsp3) is 0.429. The molecule has 0 aliphatic heterocycles. The van der Waals surface area contributed by atoms with Gasteiger partial charge < -0.3 is 10.2 Å². The summed E-state index contributed by atoms with van der Waals surface area (Å²) in [4.78, 5) is 16.6. The van der Waals surface area contributed by atoms with Crippen molar-refractivity contribution in [1.82, 2.24) is 9.38 Å². The van der Waals surface area contributed by atoms with Crippen LogP contribution in [0.1, 0.15) is 31.0 Å². The number of aromatic hydroxyl groups is 1. The summed E-state index contributed by atoms with van der Waals surface area (Å²) < 4.78 is 1.32. The Morgan fingerprint density at radius 2 is 2.21 bits per heavy atom. The third-order valence-electron chi connectivity index (χ3n) is 3.20. The molecule has 0 saturated heterocycles. The fourth-order valence-corrected chi connectivity index (χ4v) is 2.20. The maximum absolute atomic E-state index is 12.3. The van der Waals surface area contributed by atoms with Gasteiger partial charge in [0.1, 0.15) is 0 Å². The molecule has 19 heavy (non-hydrogen) atoms. The summed E-state index contributed by atoms with van der Waals surface area (Å²) in [7, 11) is 0. The third-order valence-corrected chi connectivity index (χ3v) is 3.20. The fourth-order valence-electron chi connectivity index (χ4n) is 2.20. The Morgan fingerprint density at radius 1 is 1.47 bits per heavy atom. The van der Waals surface area contributed by atoms with Crippen molar-refractivity contribution in [3.8, 4) is 5.75 Å². The number of nitrogens with zero attached hydrogens (tertiary/aromatic N) is 2. The van der Waals surface area contributed by atoms with Crippen LogP contribution in [0.15, 0.2) is 23.1 Å². The van der Waals surface area contributed by atoms with Crippen molar-refractivity contribution < 1.29 is 10.2 Å². The van der Waals surface area contributed by atoms with Gasteiger partial charge in [-0.3, -0.25) is 9.20 Å². The molecule has 0 aliphatic carbocycles. The largest absolute Gasteiger partial charge is 0.504 e. The van der Waals surface area contributed by atoms with E-state index >= 15 is 0 Å². The smallest absolute Gasteiger partial charge is 0.261 e. The van der Waals surface area contributed by atoms with E-state index in [-0.39, 0.29) is 17.0 Å². The van der Waals surface area contributed by atoms with Gasteiger partial charge in [0.25, 0.3) is 5.56 Å². The SMILES string of the molecule is CCCC(O)Cc1c(C)nc2c(O)cccn2c1=O. The molecule has 2 aromatic heterocycles. The molecule has 0 spiro atoms. The zero-order valence-corrected chi connectivity index (χ0v) is 11.1. The molecule has 2 rings (SSSR count). The van der Waals surface area contributed by atoms with Crippen molar-refractivity contribution in [3.05, 3.63) is 39.9 Å². The van der Waals surface area contributed by atoms with E-state index in [2.05, 4.69) is 4.98 Å². The number of aliphatic hydroxyl groups is 1. The molecule has 2 heterocycles.